The van der Waals surface area contributed by atoms with Crippen LogP contribution >= 0.6 is 0 Å². The second kappa shape index (κ2) is 8.97. The Morgan fingerprint density at radius 3 is 2.44 bits per heavy atom. The third-order valence-corrected chi connectivity index (χ3v) is 6.16. The number of H-pyrrole nitrogens is 1. The summed E-state index contributed by atoms with van der Waals surface area (Å²) in [6.45, 7) is 3.94. The van der Waals surface area contributed by atoms with Gasteiger partial charge in [0.2, 0.25) is 0 Å². The van der Waals surface area contributed by atoms with Crippen LogP contribution in [0, 0.1) is 0 Å². The van der Waals surface area contributed by atoms with Crippen LogP contribution in [0.5, 0.6) is 17.2 Å². The van der Waals surface area contributed by atoms with Gasteiger partial charge in [-0.15, -0.1) is 0 Å². The van der Waals surface area contributed by atoms with E-state index in [1.165, 1.54) is 0 Å². The number of aromatic amines is 1. The zero-order valence-electron chi connectivity index (χ0n) is 19.2. The molecule has 0 radical (unpaired) electrons. The summed E-state index contributed by atoms with van der Waals surface area (Å²) in [5.74, 6) is 1.95. The third-order valence-electron chi connectivity index (χ3n) is 6.16. The van der Waals surface area contributed by atoms with Gasteiger partial charge in [-0.25, -0.2) is 9.50 Å². The van der Waals surface area contributed by atoms with Gasteiger partial charge in [-0.1, -0.05) is 6.08 Å². The molecule has 1 amide bonds. The number of hydrogen-bond acceptors (Lipinski definition) is 5. The SMILES string of the molecule is CC=CN1CCC(c2c[nH]n3c(C(N)=O)c(-c4ccc(Oc5ccc(OC)cc5)cc4)nc23)C1. The van der Waals surface area contributed by atoms with Gasteiger partial charge >= 0.3 is 0 Å². The number of carbonyl (C=O) groups is 1. The number of nitrogens with two attached hydrogens (primary N) is 1. The number of likely N-dealkylation sites (tertiary alicyclic amines) is 1. The van der Waals surface area contributed by atoms with E-state index < -0.39 is 5.91 Å². The van der Waals surface area contributed by atoms with Gasteiger partial charge < -0.3 is 20.1 Å². The fraction of sp³-hybridized carbons (Fsp3) is 0.231. The molecule has 2 aromatic carbocycles. The Bertz CT molecular complexity index is 1340. The van der Waals surface area contributed by atoms with E-state index in [1.807, 2.05) is 61.7 Å². The summed E-state index contributed by atoms with van der Waals surface area (Å²) in [5, 5.41) is 3.19. The van der Waals surface area contributed by atoms with Crippen LogP contribution in [-0.2, 0) is 0 Å². The molecule has 4 aromatic rings. The van der Waals surface area contributed by atoms with Gasteiger partial charge in [0, 0.05) is 36.3 Å². The number of hydrogen-bond donors (Lipinski definition) is 2. The van der Waals surface area contributed by atoms with E-state index in [0.29, 0.717) is 28.8 Å². The summed E-state index contributed by atoms with van der Waals surface area (Å²) in [5.41, 5.74) is 9.30. The van der Waals surface area contributed by atoms with Crippen molar-refractivity contribution in [1.82, 2.24) is 19.5 Å². The lowest BCUT2D eigenvalue weighted by Gasteiger charge is -2.11. The Labute approximate surface area is 197 Å². The molecule has 3 heterocycles. The normalized spacial score (nSPS) is 15.9. The number of fused-ring (bicyclic) bond motifs is 1. The van der Waals surface area contributed by atoms with Crippen molar-refractivity contribution in [2.24, 2.45) is 5.73 Å². The summed E-state index contributed by atoms with van der Waals surface area (Å²) >= 11 is 0. The zero-order chi connectivity index (χ0) is 23.7. The van der Waals surface area contributed by atoms with Crippen LogP contribution in [0.1, 0.15) is 35.3 Å². The lowest BCUT2D eigenvalue weighted by Crippen LogP contribution is -2.15. The molecule has 0 bridgehead atoms. The van der Waals surface area contributed by atoms with Gasteiger partial charge in [0.05, 0.1) is 7.11 Å². The molecule has 2 aromatic heterocycles. The minimum absolute atomic E-state index is 0.334. The minimum atomic E-state index is -0.531. The number of allylic oxidation sites excluding steroid dienone is 1. The highest BCUT2D eigenvalue weighted by Gasteiger charge is 2.28. The van der Waals surface area contributed by atoms with Gasteiger partial charge in [0.15, 0.2) is 11.3 Å². The zero-order valence-corrected chi connectivity index (χ0v) is 19.2. The first kappa shape index (κ1) is 21.6. The third kappa shape index (κ3) is 3.98. The summed E-state index contributed by atoms with van der Waals surface area (Å²) < 4.78 is 12.8. The number of benzene rings is 2. The van der Waals surface area contributed by atoms with Crippen LogP contribution in [0.2, 0.25) is 0 Å². The monoisotopic (exact) mass is 457 g/mol. The molecule has 174 valence electrons. The number of nitrogens with zero attached hydrogens (tertiary/aromatic N) is 3. The van der Waals surface area contributed by atoms with Crippen molar-refractivity contribution in [2.75, 3.05) is 20.2 Å². The molecule has 1 saturated heterocycles. The van der Waals surface area contributed by atoms with E-state index in [1.54, 1.807) is 11.6 Å². The Morgan fingerprint density at radius 1 is 1.12 bits per heavy atom. The summed E-state index contributed by atoms with van der Waals surface area (Å²) in [6, 6.07) is 14.9. The van der Waals surface area contributed by atoms with Crippen LogP contribution in [0.4, 0.5) is 0 Å². The maximum atomic E-state index is 12.4. The predicted molar refractivity (Wildman–Crippen MR) is 130 cm³/mol. The second-order valence-electron chi connectivity index (χ2n) is 8.33. The van der Waals surface area contributed by atoms with Crippen LogP contribution < -0.4 is 15.2 Å². The van der Waals surface area contributed by atoms with Gasteiger partial charge in [-0.05, 0) is 68.1 Å². The molecule has 3 N–H and O–H groups in total. The molecule has 8 nitrogen and oxygen atoms in total. The first-order valence-corrected chi connectivity index (χ1v) is 11.3. The Kier molecular flexibility index (Phi) is 5.71. The lowest BCUT2D eigenvalue weighted by atomic mass is 10.0. The molecule has 1 fully saturated rings. The van der Waals surface area contributed by atoms with Gasteiger partial charge in [0.25, 0.3) is 5.91 Å². The topological polar surface area (TPSA) is 97.9 Å². The molecule has 1 unspecified atom stereocenters. The summed E-state index contributed by atoms with van der Waals surface area (Å²) in [7, 11) is 1.63. The minimum Gasteiger partial charge on any atom is -0.497 e. The largest absolute Gasteiger partial charge is 0.497 e. The van der Waals surface area contributed by atoms with Crippen molar-refractivity contribution in [2.45, 2.75) is 19.3 Å². The van der Waals surface area contributed by atoms with E-state index in [9.17, 15) is 4.79 Å². The summed E-state index contributed by atoms with van der Waals surface area (Å²) in [4.78, 5) is 19.5. The Morgan fingerprint density at radius 2 is 1.79 bits per heavy atom. The number of imidazole rings is 1. The first-order chi connectivity index (χ1) is 16.6. The van der Waals surface area contributed by atoms with Crippen molar-refractivity contribution < 1.29 is 14.3 Å². The molecule has 1 atom stereocenters. The van der Waals surface area contributed by atoms with E-state index >= 15 is 0 Å². The van der Waals surface area contributed by atoms with Crippen LogP contribution in [0.25, 0.3) is 16.9 Å². The average Bonchev–Trinajstić information content (AvgIpc) is 3.55. The smallest absolute Gasteiger partial charge is 0.269 e. The van der Waals surface area contributed by atoms with Crippen LogP contribution in [0.15, 0.2) is 67.0 Å². The van der Waals surface area contributed by atoms with E-state index in [0.717, 1.165) is 42.0 Å². The lowest BCUT2D eigenvalue weighted by molar-refractivity contribution is 0.0994. The number of aromatic nitrogens is 3. The molecule has 5 rings (SSSR count). The highest BCUT2D eigenvalue weighted by molar-refractivity contribution is 5.98. The molecular weight excluding hydrogens is 430 g/mol. The standard InChI is InChI=1S/C26H27N5O3/c1-3-13-30-14-12-18(16-30)22-15-28-31-24(25(27)32)23(29-26(22)31)17-4-6-20(7-5-17)34-21-10-8-19(33-2)9-11-21/h3-11,13,15,18,28H,12,14,16H2,1-2H3,(H2,27,32). The quantitative estimate of drug-likeness (QED) is 0.424. The number of rotatable bonds is 7. The van der Waals surface area contributed by atoms with Crippen molar-refractivity contribution in [3.63, 3.8) is 0 Å². The van der Waals surface area contributed by atoms with E-state index in [-0.39, 0.29) is 0 Å². The maximum absolute atomic E-state index is 12.4. The highest BCUT2D eigenvalue weighted by Crippen LogP contribution is 2.34. The molecule has 34 heavy (non-hydrogen) atoms. The molecule has 8 heteroatoms. The van der Waals surface area contributed by atoms with Crippen LogP contribution in [-0.4, -0.2) is 45.6 Å². The second-order valence-corrected chi connectivity index (χ2v) is 8.33. The molecule has 0 aliphatic carbocycles. The van der Waals surface area contributed by atoms with E-state index in [4.69, 9.17) is 20.2 Å². The van der Waals surface area contributed by atoms with Crippen molar-refractivity contribution in [3.8, 4) is 28.5 Å². The number of carbonyl (C=O) groups excluding carboxylic acids is 1. The predicted octanol–water partition coefficient (Wildman–Crippen LogP) is 4.55. The van der Waals surface area contributed by atoms with Crippen molar-refractivity contribution in [1.29, 1.82) is 0 Å². The number of methoxy groups -OCH3 is 1. The number of primary amides is 1. The molecule has 1 aliphatic heterocycles. The molecule has 0 spiro atoms. The van der Waals surface area contributed by atoms with Gasteiger partial charge in [0.1, 0.15) is 22.9 Å². The summed E-state index contributed by atoms with van der Waals surface area (Å²) in [6.07, 6.45) is 7.14. The maximum Gasteiger partial charge on any atom is 0.269 e. The fourth-order valence-corrected chi connectivity index (χ4v) is 4.52. The number of amides is 1. The number of nitrogens with one attached hydrogen (secondary N) is 1. The Balaban J connectivity index is 1.44. The fourth-order valence-electron chi connectivity index (χ4n) is 4.52. The van der Waals surface area contributed by atoms with Crippen molar-refractivity contribution in [3.05, 3.63) is 78.3 Å². The number of ether oxygens (including phenoxy) is 2. The average molecular weight is 458 g/mol. The Hall–Kier alpha value is -4.20. The molecule has 0 saturated carbocycles. The van der Waals surface area contributed by atoms with Gasteiger partial charge in [-0.2, -0.15) is 0 Å². The van der Waals surface area contributed by atoms with Gasteiger partial charge in [-0.3, -0.25) is 9.89 Å². The first-order valence-electron chi connectivity index (χ1n) is 11.3. The highest BCUT2D eigenvalue weighted by atomic mass is 16.5. The van der Waals surface area contributed by atoms with Crippen molar-refractivity contribution >= 4 is 11.6 Å². The molecular formula is C26H27N5O3. The van der Waals surface area contributed by atoms with Crippen LogP contribution in [0.3, 0.4) is 0 Å². The molecule has 1 aliphatic rings. The van der Waals surface area contributed by atoms with E-state index in [2.05, 4.69) is 22.3 Å².